The summed E-state index contributed by atoms with van der Waals surface area (Å²) in [5, 5.41) is 0.483. The zero-order valence-electron chi connectivity index (χ0n) is 14.2. The molecule has 1 aromatic carbocycles. The average Bonchev–Trinajstić information content (AvgIpc) is 2.56. The molecule has 0 unspecified atom stereocenters. The summed E-state index contributed by atoms with van der Waals surface area (Å²) >= 11 is 5.86. The summed E-state index contributed by atoms with van der Waals surface area (Å²) in [4.78, 5) is 12.5. The van der Waals surface area contributed by atoms with Crippen LogP contribution in [0.15, 0.2) is 40.3 Å². The lowest BCUT2D eigenvalue weighted by atomic mass is 10.4. The average molecular weight is 369 g/mol. The lowest BCUT2D eigenvalue weighted by Gasteiger charge is -2.24. The van der Waals surface area contributed by atoms with Crippen LogP contribution in [0.5, 0.6) is 0 Å². The van der Waals surface area contributed by atoms with Crippen LogP contribution in [0.1, 0.15) is 13.8 Å². The molecule has 0 fully saturated rings. The minimum atomic E-state index is -3.74. The Morgan fingerprint density at radius 2 is 1.67 bits per heavy atom. The summed E-state index contributed by atoms with van der Waals surface area (Å²) in [5.74, 6) is 0.876. The molecule has 1 heterocycles. The Balaban J connectivity index is 2.65. The number of anilines is 2. The number of halogens is 1. The third-order valence-electron chi connectivity index (χ3n) is 3.60. The molecule has 0 spiro atoms. The van der Waals surface area contributed by atoms with Crippen molar-refractivity contribution in [2.45, 2.75) is 23.6 Å². The molecule has 0 aliphatic rings. The van der Waals surface area contributed by atoms with E-state index in [0.29, 0.717) is 29.9 Å². The van der Waals surface area contributed by atoms with Crippen molar-refractivity contribution < 1.29 is 8.42 Å². The van der Waals surface area contributed by atoms with Crippen molar-refractivity contribution in [2.75, 3.05) is 37.0 Å². The maximum absolute atomic E-state index is 13.0. The van der Waals surface area contributed by atoms with Crippen molar-refractivity contribution in [1.82, 2.24) is 9.97 Å². The molecule has 0 saturated carbocycles. The quantitative estimate of drug-likeness (QED) is 0.781. The van der Waals surface area contributed by atoms with Crippen LogP contribution < -0.4 is 9.80 Å². The molecule has 0 aliphatic heterocycles. The molecule has 0 amide bonds. The minimum absolute atomic E-state index is 0.0964. The fourth-order valence-corrected chi connectivity index (χ4v) is 3.73. The monoisotopic (exact) mass is 368 g/mol. The maximum Gasteiger partial charge on any atom is 0.226 e. The zero-order valence-corrected chi connectivity index (χ0v) is 15.8. The highest BCUT2D eigenvalue weighted by atomic mass is 35.5. The van der Waals surface area contributed by atoms with E-state index in [9.17, 15) is 8.42 Å². The van der Waals surface area contributed by atoms with Crippen LogP contribution in [-0.2, 0) is 9.84 Å². The van der Waals surface area contributed by atoms with Crippen LogP contribution in [0.2, 0.25) is 5.02 Å². The number of hydrogen-bond acceptors (Lipinski definition) is 6. The van der Waals surface area contributed by atoms with Crippen molar-refractivity contribution in [3.05, 3.63) is 35.5 Å². The first kappa shape index (κ1) is 18.5. The second-order valence-electron chi connectivity index (χ2n) is 5.38. The molecular weight excluding hydrogens is 348 g/mol. The molecule has 130 valence electrons. The van der Waals surface area contributed by atoms with Gasteiger partial charge < -0.3 is 9.80 Å². The van der Waals surface area contributed by atoms with Crippen LogP contribution in [0, 0.1) is 0 Å². The number of hydrogen-bond donors (Lipinski definition) is 0. The molecule has 0 aliphatic carbocycles. The zero-order chi connectivity index (χ0) is 17.9. The van der Waals surface area contributed by atoms with E-state index in [4.69, 9.17) is 11.6 Å². The van der Waals surface area contributed by atoms with Crippen LogP contribution in [0.25, 0.3) is 0 Å². The predicted octanol–water partition coefficient (Wildman–Crippen LogP) is 2.88. The fraction of sp³-hybridized carbons (Fsp3) is 0.375. The van der Waals surface area contributed by atoms with Crippen LogP contribution in [-0.4, -0.2) is 45.6 Å². The molecule has 1 aromatic heterocycles. The van der Waals surface area contributed by atoms with Gasteiger partial charge in [-0.2, -0.15) is 4.98 Å². The van der Waals surface area contributed by atoms with E-state index >= 15 is 0 Å². The van der Waals surface area contributed by atoms with Gasteiger partial charge in [-0.15, -0.1) is 0 Å². The molecule has 2 rings (SSSR count). The summed E-state index contributed by atoms with van der Waals surface area (Å²) < 4.78 is 26.0. The van der Waals surface area contributed by atoms with Gasteiger partial charge >= 0.3 is 0 Å². The van der Waals surface area contributed by atoms with Gasteiger partial charge in [-0.3, -0.25) is 0 Å². The third-order valence-corrected chi connectivity index (χ3v) is 5.61. The minimum Gasteiger partial charge on any atom is -0.356 e. The van der Waals surface area contributed by atoms with Gasteiger partial charge in [0, 0.05) is 32.2 Å². The van der Waals surface area contributed by atoms with Crippen LogP contribution in [0.4, 0.5) is 11.8 Å². The van der Waals surface area contributed by atoms with E-state index in [-0.39, 0.29) is 9.79 Å². The highest BCUT2D eigenvalue weighted by Gasteiger charge is 2.26. The topological polar surface area (TPSA) is 66.4 Å². The predicted molar refractivity (Wildman–Crippen MR) is 96.8 cm³/mol. The van der Waals surface area contributed by atoms with Crippen molar-refractivity contribution in [3.63, 3.8) is 0 Å². The summed E-state index contributed by atoms with van der Waals surface area (Å²) in [6.07, 6.45) is 1.37. The Morgan fingerprint density at radius 3 is 2.17 bits per heavy atom. The van der Waals surface area contributed by atoms with Crippen LogP contribution in [0.3, 0.4) is 0 Å². The van der Waals surface area contributed by atoms with E-state index in [0.717, 1.165) is 0 Å². The van der Waals surface area contributed by atoms with Gasteiger partial charge in [0.25, 0.3) is 0 Å². The summed E-state index contributed by atoms with van der Waals surface area (Å²) in [6, 6.07) is 6.09. The second-order valence-corrected chi connectivity index (χ2v) is 7.74. The van der Waals surface area contributed by atoms with Gasteiger partial charge in [-0.05, 0) is 38.1 Å². The lowest BCUT2D eigenvalue weighted by molar-refractivity contribution is 0.594. The molecule has 24 heavy (non-hydrogen) atoms. The molecule has 6 nitrogen and oxygen atoms in total. The first-order chi connectivity index (χ1) is 11.3. The van der Waals surface area contributed by atoms with Crippen LogP contribution >= 0.6 is 11.6 Å². The highest BCUT2D eigenvalue weighted by Crippen LogP contribution is 2.30. The maximum atomic E-state index is 13.0. The van der Waals surface area contributed by atoms with E-state index in [1.54, 1.807) is 17.0 Å². The van der Waals surface area contributed by atoms with Gasteiger partial charge in [0.15, 0.2) is 5.82 Å². The number of nitrogens with zero attached hydrogens (tertiary/aromatic N) is 4. The number of rotatable bonds is 6. The molecule has 8 heteroatoms. The number of aromatic nitrogens is 2. The Hall–Kier alpha value is -1.86. The molecule has 2 aromatic rings. The van der Waals surface area contributed by atoms with Gasteiger partial charge in [-0.25, -0.2) is 13.4 Å². The largest absolute Gasteiger partial charge is 0.356 e. The fourth-order valence-electron chi connectivity index (χ4n) is 2.25. The first-order valence-electron chi connectivity index (χ1n) is 7.61. The molecule has 0 saturated heterocycles. The van der Waals surface area contributed by atoms with Gasteiger partial charge in [0.05, 0.1) is 11.1 Å². The van der Waals surface area contributed by atoms with Crippen molar-refractivity contribution >= 4 is 33.2 Å². The normalized spacial score (nSPS) is 11.4. The van der Waals surface area contributed by atoms with Crippen molar-refractivity contribution in [1.29, 1.82) is 0 Å². The Bertz CT molecular complexity index is 803. The van der Waals surface area contributed by atoms with E-state index in [1.807, 2.05) is 32.8 Å². The summed E-state index contributed by atoms with van der Waals surface area (Å²) in [7, 11) is -0.109. The molecular formula is C16H21ClN4O2S. The van der Waals surface area contributed by atoms with Gasteiger partial charge in [-0.1, -0.05) is 11.6 Å². The van der Waals surface area contributed by atoms with E-state index in [1.165, 1.54) is 18.3 Å². The standard InChI is InChI=1S/C16H21ClN4O2S/c1-5-21(6-2)15-14(11-18-16(19-15)20(3)4)24(22,23)13-9-7-12(17)8-10-13/h7-11H,5-6H2,1-4H3. The highest BCUT2D eigenvalue weighted by molar-refractivity contribution is 7.91. The molecule has 0 N–H and O–H groups in total. The van der Waals surface area contributed by atoms with E-state index < -0.39 is 9.84 Å². The SMILES string of the molecule is CCN(CC)c1nc(N(C)C)ncc1S(=O)(=O)c1ccc(Cl)cc1. The van der Waals surface area contributed by atoms with E-state index in [2.05, 4.69) is 9.97 Å². The molecule has 0 atom stereocenters. The molecule has 0 radical (unpaired) electrons. The second kappa shape index (κ2) is 7.36. The first-order valence-corrected chi connectivity index (χ1v) is 9.47. The van der Waals surface area contributed by atoms with Crippen molar-refractivity contribution in [3.8, 4) is 0 Å². The number of benzene rings is 1. The number of sulfone groups is 1. The summed E-state index contributed by atoms with van der Waals surface area (Å²) in [6.45, 7) is 5.20. The Kier molecular flexibility index (Phi) is 5.66. The Morgan fingerprint density at radius 1 is 1.08 bits per heavy atom. The molecule has 0 bridgehead atoms. The Labute approximate surface area is 148 Å². The van der Waals surface area contributed by atoms with Gasteiger partial charge in [0.2, 0.25) is 15.8 Å². The third kappa shape index (κ3) is 3.62. The summed E-state index contributed by atoms with van der Waals surface area (Å²) in [5.41, 5.74) is 0. The smallest absolute Gasteiger partial charge is 0.226 e. The van der Waals surface area contributed by atoms with Gasteiger partial charge in [0.1, 0.15) is 4.90 Å². The lowest BCUT2D eigenvalue weighted by Crippen LogP contribution is -2.27. The van der Waals surface area contributed by atoms with Crippen molar-refractivity contribution in [2.24, 2.45) is 0 Å².